The fourth-order valence-electron chi connectivity index (χ4n) is 2.04. The minimum atomic E-state index is -0.984. The molecule has 0 aliphatic heterocycles. The molecule has 0 aliphatic rings. The largest absolute Gasteiger partial charge is 0.466 e. The van der Waals surface area contributed by atoms with Gasteiger partial charge in [0.25, 0.3) is 5.91 Å². The van der Waals surface area contributed by atoms with Gasteiger partial charge >= 0.3 is 5.97 Å². The zero-order chi connectivity index (χ0) is 17.5. The van der Waals surface area contributed by atoms with Crippen LogP contribution in [-0.4, -0.2) is 30.3 Å². The summed E-state index contributed by atoms with van der Waals surface area (Å²) in [6.45, 7) is 1.89. The second kappa shape index (κ2) is 8.61. The standard InChI is InChI=1S/C17H16ClNO4S/c1-2-23-15(20)9-14(16(21)12-7-8-24-10-12)19-17(22)11-3-5-13(18)6-4-11/h3-8,10,14H,2,9H2,1H3,(H,19,22). The highest BCUT2D eigenvalue weighted by Gasteiger charge is 2.26. The van der Waals surface area contributed by atoms with Crippen molar-refractivity contribution in [3.63, 3.8) is 0 Å². The number of benzene rings is 1. The van der Waals surface area contributed by atoms with Gasteiger partial charge in [0.2, 0.25) is 0 Å². The summed E-state index contributed by atoms with van der Waals surface area (Å²) in [4.78, 5) is 36.6. The van der Waals surface area contributed by atoms with E-state index in [-0.39, 0.29) is 18.8 Å². The molecule has 0 spiro atoms. The van der Waals surface area contributed by atoms with Crippen LogP contribution in [0.2, 0.25) is 5.02 Å². The molecule has 0 saturated heterocycles. The van der Waals surface area contributed by atoms with Crippen LogP contribution >= 0.6 is 22.9 Å². The van der Waals surface area contributed by atoms with Gasteiger partial charge in [-0.1, -0.05) is 11.6 Å². The van der Waals surface area contributed by atoms with Crippen LogP contribution < -0.4 is 5.32 Å². The summed E-state index contributed by atoms with van der Waals surface area (Å²) < 4.78 is 4.89. The van der Waals surface area contributed by atoms with Crippen LogP contribution in [0.3, 0.4) is 0 Å². The molecule has 1 heterocycles. The van der Waals surface area contributed by atoms with Gasteiger partial charge in [-0.3, -0.25) is 14.4 Å². The van der Waals surface area contributed by atoms with E-state index < -0.39 is 17.9 Å². The lowest BCUT2D eigenvalue weighted by Gasteiger charge is -2.16. The molecule has 0 saturated carbocycles. The predicted octanol–water partition coefficient (Wildman–Crippen LogP) is 3.34. The van der Waals surface area contributed by atoms with Crippen LogP contribution in [-0.2, 0) is 9.53 Å². The van der Waals surface area contributed by atoms with Crippen LogP contribution in [0.15, 0.2) is 41.1 Å². The smallest absolute Gasteiger partial charge is 0.308 e. The molecule has 1 aromatic carbocycles. The first-order chi connectivity index (χ1) is 11.5. The van der Waals surface area contributed by atoms with E-state index in [4.69, 9.17) is 16.3 Å². The number of esters is 1. The minimum Gasteiger partial charge on any atom is -0.466 e. The topological polar surface area (TPSA) is 72.5 Å². The van der Waals surface area contributed by atoms with E-state index in [9.17, 15) is 14.4 Å². The van der Waals surface area contributed by atoms with E-state index in [1.54, 1.807) is 48.0 Å². The first-order valence-electron chi connectivity index (χ1n) is 7.29. The van der Waals surface area contributed by atoms with Gasteiger partial charge in [-0.2, -0.15) is 11.3 Å². The zero-order valence-electron chi connectivity index (χ0n) is 13.0. The molecule has 0 radical (unpaired) electrons. The van der Waals surface area contributed by atoms with Crippen LogP contribution in [0, 0.1) is 0 Å². The van der Waals surface area contributed by atoms with Crippen LogP contribution in [0.4, 0.5) is 0 Å². The van der Waals surface area contributed by atoms with Crippen molar-refractivity contribution in [2.45, 2.75) is 19.4 Å². The third-order valence-corrected chi connectivity index (χ3v) is 4.15. The molecule has 1 unspecified atom stereocenters. The van der Waals surface area contributed by atoms with Gasteiger partial charge < -0.3 is 10.1 Å². The Morgan fingerprint density at radius 2 is 1.88 bits per heavy atom. The maximum Gasteiger partial charge on any atom is 0.308 e. The van der Waals surface area contributed by atoms with Crippen molar-refractivity contribution in [3.05, 3.63) is 57.2 Å². The fraction of sp³-hybridized carbons (Fsp3) is 0.235. The predicted molar refractivity (Wildman–Crippen MR) is 92.6 cm³/mol. The zero-order valence-corrected chi connectivity index (χ0v) is 14.5. The third kappa shape index (κ3) is 4.91. The molecule has 1 atom stereocenters. The third-order valence-electron chi connectivity index (χ3n) is 3.21. The van der Waals surface area contributed by atoms with Gasteiger partial charge in [-0.15, -0.1) is 0 Å². The molecular weight excluding hydrogens is 350 g/mol. The Morgan fingerprint density at radius 3 is 2.46 bits per heavy atom. The van der Waals surface area contributed by atoms with Gasteiger partial charge in [0.05, 0.1) is 13.0 Å². The molecule has 5 nitrogen and oxygen atoms in total. The van der Waals surface area contributed by atoms with Crippen LogP contribution in [0.5, 0.6) is 0 Å². The van der Waals surface area contributed by atoms with E-state index in [1.807, 2.05) is 0 Å². The van der Waals surface area contributed by atoms with Crippen molar-refractivity contribution >= 4 is 40.6 Å². The van der Waals surface area contributed by atoms with E-state index in [0.29, 0.717) is 16.1 Å². The van der Waals surface area contributed by atoms with Crippen molar-refractivity contribution in [2.75, 3.05) is 6.61 Å². The van der Waals surface area contributed by atoms with Gasteiger partial charge in [0.15, 0.2) is 5.78 Å². The van der Waals surface area contributed by atoms with Crippen LogP contribution in [0.1, 0.15) is 34.1 Å². The van der Waals surface area contributed by atoms with E-state index >= 15 is 0 Å². The Hall–Kier alpha value is -2.18. The Morgan fingerprint density at radius 1 is 1.17 bits per heavy atom. The van der Waals surface area contributed by atoms with Crippen LogP contribution in [0.25, 0.3) is 0 Å². The van der Waals surface area contributed by atoms with E-state index in [2.05, 4.69) is 5.32 Å². The molecule has 1 amide bonds. The average molecular weight is 366 g/mol. The summed E-state index contributed by atoms with van der Waals surface area (Å²) in [5, 5.41) is 6.54. The second-order valence-corrected chi connectivity index (χ2v) is 6.13. The Kier molecular flexibility index (Phi) is 6.52. The first kappa shape index (κ1) is 18.2. The maximum atomic E-state index is 12.5. The lowest BCUT2D eigenvalue weighted by atomic mass is 10.0. The average Bonchev–Trinajstić information content (AvgIpc) is 3.08. The molecular formula is C17H16ClNO4S. The summed E-state index contributed by atoms with van der Waals surface area (Å²) in [6, 6.07) is 6.93. The van der Waals surface area contributed by atoms with E-state index in [0.717, 1.165) is 0 Å². The van der Waals surface area contributed by atoms with Crippen molar-refractivity contribution in [1.29, 1.82) is 0 Å². The van der Waals surface area contributed by atoms with Crippen molar-refractivity contribution in [2.24, 2.45) is 0 Å². The summed E-state index contributed by atoms with van der Waals surface area (Å²) in [6.07, 6.45) is -0.220. The number of ether oxygens (including phenoxy) is 1. The molecule has 1 N–H and O–H groups in total. The number of ketones is 1. The number of carbonyl (C=O) groups excluding carboxylic acids is 3. The Labute approximate surface area is 148 Å². The van der Waals surface area contributed by atoms with Crippen molar-refractivity contribution in [1.82, 2.24) is 5.32 Å². The maximum absolute atomic E-state index is 12.5. The highest BCUT2D eigenvalue weighted by atomic mass is 35.5. The van der Waals surface area contributed by atoms with Crippen molar-refractivity contribution < 1.29 is 19.1 Å². The molecule has 2 rings (SSSR count). The number of hydrogen-bond donors (Lipinski definition) is 1. The lowest BCUT2D eigenvalue weighted by molar-refractivity contribution is -0.143. The number of carbonyl (C=O) groups is 3. The summed E-state index contributed by atoms with van der Waals surface area (Å²) >= 11 is 7.16. The molecule has 1 aromatic heterocycles. The number of halogens is 1. The number of hydrogen-bond acceptors (Lipinski definition) is 5. The first-order valence-corrected chi connectivity index (χ1v) is 8.61. The highest BCUT2D eigenvalue weighted by Crippen LogP contribution is 2.13. The lowest BCUT2D eigenvalue weighted by Crippen LogP contribution is -2.42. The Bertz CT molecular complexity index is 713. The molecule has 2 aromatic rings. The minimum absolute atomic E-state index is 0.212. The normalized spacial score (nSPS) is 11.6. The molecule has 7 heteroatoms. The second-order valence-electron chi connectivity index (χ2n) is 4.92. The number of thiophene rings is 1. The van der Waals surface area contributed by atoms with Crippen molar-refractivity contribution in [3.8, 4) is 0 Å². The van der Waals surface area contributed by atoms with Gasteiger partial charge in [-0.25, -0.2) is 0 Å². The molecule has 0 aliphatic carbocycles. The molecule has 24 heavy (non-hydrogen) atoms. The quantitative estimate of drug-likeness (QED) is 0.603. The molecule has 0 fully saturated rings. The Balaban J connectivity index is 2.15. The number of nitrogens with one attached hydrogen (secondary N) is 1. The van der Waals surface area contributed by atoms with E-state index in [1.165, 1.54) is 11.3 Å². The van der Waals surface area contributed by atoms with Gasteiger partial charge in [0, 0.05) is 21.5 Å². The SMILES string of the molecule is CCOC(=O)CC(NC(=O)c1ccc(Cl)cc1)C(=O)c1ccsc1. The summed E-state index contributed by atoms with van der Waals surface area (Å²) in [5.41, 5.74) is 0.803. The monoisotopic (exact) mass is 365 g/mol. The molecule has 0 bridgehead atoms. The highest BCUT2D eigenvalue weighted by molar-refractivity contribution is 7.08. The molecule has 126 valence electrons. The summed E-state index contributed by atoms with van der Waals surface area (Å²) in [5.74, 6) is -1.32. The number of Topliss-reactive ketones (excluding diaryl/α,β-unsaturated/α-hetero) is 1. The number of rotatable bonds is 7. The number of amides is 1. The van der Waals surface area contributed by atoms with Gasteiger partial charge in [0.1, 0.15) is 6.04 Å². The summed E-state index contributed by atoms with van der Waals surface area (Å²) in [7, 11) is 0. The fourth-order valence-corrected chi connectivity index (χ4v) is 2.82. The van der Waals surface area contributed by atoms with Gasteiger partial charge in [-0.05, 0) is 42.6 Å².